The van der Waals surface area contributed by atoms with Crippen molar-refractivity contribution in [3.8, 4) is 5.75 Å². The molecule has 0 aliphatic carbocycles. The van der Waals surface area contributed by atoms with Crippen LogP contribution in [0.15, 0.2) is 53.9 Å². The summed E-state index contributed by atoms with van der Waals surface area (Å²) in [4.78, 5) is 12.9. The van der Waals surface area contributed by atoms with Crippen LogP contribution in [0.1, 0.15) is 20.8 Å². The van der Waals surface area contributed by atoms with Gasteiger partial charge in [0, 0.05) is 16.3 Å². The summed E-state index contributed by atoms with van der Waals surface area (Å²) >= 11 is 7.25. The molecule has 6 heteroatoms. The van der Waals surface area contributed by atoms with E-state index < -0.39 is 0 Å². The average Bonchev–Trinajstić information content (AvgIpc) is 3.05. The molecule has 1 heterocycles. The zero-order valence-corrected chi connectivity index (χ0v) is 15.0. The summed E-state index contributed by atoms with van der Waals surface area (Å²) in [6.07, 6.45) is 0. The van der Waals surface area contributed by atoms with Gasteiger partial charge in [-0.1, -0.05) is 17.7 Å². The number of rotatable bonds is 5. The Hall–Kier alpha value is -2.37. The maximum absolute atomic E-state index is 13.1. The fourth-order valence-corrected chi connectivity index (χ4v) is 3.22. The summed E-state index contributed by atoms with van der Waals surface area (Å²) in [5.41, 5.74) is 2.16. The van der Waals surface area contributed by atoms with Gasteiger partial charge in [-0.2, -0.15) is 0 Å². The zero-order valence-electron chi connectivity index (χ0n) is 13.4. The maximum Gasteiger partial charge on any atom is 0.265 e. The van der Waals surface area contributed by atoms with E-state index in [0.717, 1.165) is 5.56 Å². The first-order chi connectivity index (χ1) is 12.0. The van der Waals surface area contributed by atoms with Gasteiger partial charge in [-0.15, -0.1) is 11.3 Å². The molecule has 2 aromatic carbocycles. The number of hydrogen-bond acceptors (Lipinski definition) is 3. The number of thiophene rings is 1. The van der Waals surface area contributed by atoms with Gasteiger partial charge in [0.05, 0.1) is 4.88 Å². The van der Waals surface area contributed by atoms with E-state index in [9.17, 15) is 9.18 Å². The van der Waals surface area contributed by atoms with Crippen molar-refractivity contribution in [2.24, 2.45) is 0 Å². The average molecular weight is 376 g/mol. The van der Waals surface area contributed by atoms with Crippen LogP contribution in [0.3, 0.4) is 0 Å². The fraction of sp³-hybridized carbons (Fsp3) is 0.105. The maximum atomic E-state index is 13.1. The van der Waals surface area contributed by atoms with Crippen LogP contribution in [-0.2, 0) is 6.61 Å². The molecule has 1 amide bonds. The molecule has 3 aromatic rings. The first kappa shape index (κ1) is 17.5. The summed E-state index contributed by atoms with van der Waals surface area (Å²) in [6.45, 7) is 2.09. The fourth-order valence-electron chi connectivity index (χ4n) is 2.25. The molecule has 0 aliphatic heterocycles. The lowest BCUT2D eigenvalue weighted by Gasteiger charge is -2.07. The molecule has 0 aliphatic rings. The van der Waals surface area contributed by atoms with E-state index in [2.05, 4.69) is 5.32 Å². The number of carbonyl (C=O) groups excluding carboxylic acids is 1. The van der Waals surface area contributed by atoms with Gasteiger partial charge in [-0.05, 0) is 60.3 Å². The van der Waals surface area contributed by atoms with E-state index in [0.29, 0.717) is 33.5 Å². The van der Waals surface area contributed by atoms with E-state index >= 15 is 0 Å². The lowest BCUT2D eigenvalue weighted by molar-refractivity contribution is 0.103. The van der Waals surface area contributed by atoms with Crippen molar-refractivity contribution in [2.75, 3.05) is 5.32 Å². The summed E-state index contributed by atoms with van der Waals surface area (Å²) in [5.74, 6) is 0.118. The Morgan fingerprint density at radius 3 is 2.84 bits per heavy atom. The quantitative estimate of drug-likeness (QED) is 0.623. The number of ether oxygens (including phenoxy) is 1. The SMILES string of the molecule is Cc1cc(F)ccc1NC(=O)c1cc(COc2cccc(Cl)c2)cs1. The summed E-state index contributed by atoms with van der Waals surface area (Å²) in [5, 5.41) is 5.28. The second-order valence-corrected chi connectivity index (χ2v) is 6.83. The van der Waals surface area contributed by atoms with Crippen molar-refractivity contribution in [3.05, 3.63) is 80.8 Å². The highest BCUT2D eigenvalue weighted by atomic mass is 35.5. The highest BCUT2D eigenvalue weighted by Gasteiger charge is 2.11. The number of anilines is 1. The van der Waals surface area contributed by atoms with Gasteiger partial charge in [0.2, 0.25) is 0 Å². The van der Waals surface area contributed by atoms with Crippen molar-refractivity contribution in [1.29, 1.82) is 0 Å². The molecule has 0 atom stereocenters. The zero-order chi connectivity index (χ0) is 17.8. The number of amides is 1. The van der Waals surface area contributed by atoms with E-state index in [-0.39, 0.29) is 11.7 Å². The Kier molecular flexibility index (Phi) is 5.36. The molecule has 1 N–H and O–H groups in total. The Morgan fingerprint density at radius 1 is 1.24 bits per heavy atom. The van der Waals surface area contributed by atoms with Crippen LogP contribution in [0, 0.1) is 12.7 Å². The predicted molar refractivity (Wildman–Crippen MR) is 99.2 cm³/mol. The monoisotopic (exact) mass is 375 g/mol. The summed E-state index contributed by atoms with van der Waals surface area (Å²) in [6, 6.07) is 13.2. The highest BCUT2D eigenvalue weighted by Crippen LogP contribution is 2.22. The molecular weight excluding hydrogens is 361 g/mol. The van der Waals surface area contributed by atoms with Gasteiger partial charge in [0.15, 0.2) is 0 Å². The Bertz CT molecular complexity index is 910. The predicted octanol–water partition coefficient (Wildman–Crippen LogP) is 5.68. The largest absolute Gasteiger partial charge is 0.489 e. The molecule has 128 valence electrons. The van der Waals surface area contributed by atoms with Crippen LogP contribution < -0.4 is 10.1 Å². The Morgan fingerprint density at radius 2 is 2.08 bits per heavy atom. The van der Waals surface area contributed by atoms with Gasteiger partial charge in [0.25, 0.3) is 5.91 Å². The molecule has 1 aromatic heterocycles. The second-order valence-electron chi connectivity index (χ2n) is 5.48. The molecule has 3 rings (SSSR count). The van der Waals surface area contributed by atoms with Crippen LogP contribution in [0.4, 0.5) is 10.1 Å². The Balaban J connectivity index is 1.63. The number of aryl methyl sites for hydroxylation is 1. The lowest BCUT2D eigenvalue weighted by atomic mass is 10.2. The molecule has 3 nitrogen and oxygen atoms in total. The topological polar surface area (TPSA) is 38.3 Å². The Labute approximate surface area is 154 Å². The van der Waals surface area contributed by atoms with Crippen molar-refractivity contribution in [2.45, 2.75) is 13.5 Å². The standard InChI is InChI=1S/C19H15ClFNO2S/c1-12-7-15(21)5-6-17(12)22-19(23)18-8-13(11-25-18)10-24-16-4-2-3-14(20)9-16/h2-9,11H,10H2,1H3,(H,22,23). The smallest absolute Gasteiger partial charge is 0.265 e. The van der Waals surface area contributed by atoms with Crippen molar-refractivity contribution in [1.82, 2.24) is 0 Å². The van der Waals surface area contributed by atoms with E-state index in [4.69, 9.17) is 16.3 Å². The van der Waals surface area contributed by atoms with E-state index in [1.807, 2.05) is 17.5 Å². The van der Waals surface area contributed by atoms with Gasteiger partial charge in [-0.25, -0.2) is 4.39 Å². The molecule has 0 saturated carbocycles. The van der Waals surface area contributed by atoms with Gasteiger partial charge in [0.1, 0.15) is 18.2 Å². The molecule has 0 spiro atoms. The van der Waals surface area contributed by atoms with E-state index in [1.165, 1.54) is 23.5 Å². The molecule has 0 unspecified atom stereocenters. The van der Waals surface area contributed by atoms with Gasteiger partial charge >= 0.3 is 0 Å². The highest BCUT2D eigenvalue weighted by molar-refractivity contribution is 7.12. The number of nitrogens with one attached hydrogen (secondary N) is 1. The van der Waals surface area contributed by atoms with Crippen LogP contribution in [0.2, 0.25) is 5.02 Å². The minimum Gasteiger partial charge on any atom is -0.489 e. The van der Waals surface area contributed by atoms with Crippen molar-refractivity contribution < 1.29 is 13.9 Å². The number of halogens is 2. The molecule has 0 saturated heterocycles. The molecule has 0 bridgehead atoms. The molecule has 0 radical (unpaired) electrons. The minimum atomic E-state index is -0.327. The molecule has 25 heavy (non-hydrogen) atoms. The van der Waals surface area contributed by atoms with Crippen LogP contribution in [-0.4, -0.2) is 5.91 Å². The minimum absolute atomic E-state index is 0.228. The normalized spacial score (nSPS) is 10.5. The van der Waals surface area contributed by atoms with Crippen molar-refractivity contribution >= 4 is 34.5 Å². The second kappa shape index (κ2) is 7.68. The van der Waals surface area contributed by atoms with Crippen LogP contribution >= 0.6 is 22.9 Å². The van der Waals surface area contributed by atoms with Crippen LogP contribution in [0.25, 0.3) is 0 Å². The lowest BCUT2D eigenvalue weighted by Crippen LogP contribution is -2.11. The van der Waals surface area contributed by atoms with Gasteiger partial charge < -0.3 is 10.1 Å². The van der Waals surface area contributed by atoms with Crippen molar-refractivity contribution in [3.63, 3.8) is 0 Å². The first-order valence-electron chi connectivity index (χ1n) is 7.54. The number of hydrogen-bond donors (Lipinski definition) is 1. The van der Waals surface area contributed by atoms with Crippen LogP contribution in [0.5, 0.6) is 5.75 Å². The summed E-state index contributed by atoms with van der Waals surface area (Å²) < 4.78 is 18.8. The third-order valence-corrected chi connectivity index (χ3v) is 4.73. The third-order valence-electron chi connectivity index (χ3n) is 3.52. The van der Waals surface area contributed by atoms with E-state index in [1.54, 1.807) is 31.2 Å². The summed E-state index contributed by atoms with van der Waals surface area (Å²) in [7, 11) is 0. The first-order valence-corrected chi connectivity index (χ1v) is 8.80. The number of benzene rings is 2. The molecule has 0 fully saturated rings. The molecular formula is C19H15ClFNO2S. The van der Waals surface area contributed by atoms with Gasteiger partial charge in [-0.3, -0.25) is 4.79 Å². The number of carbonyl (C=O) groups is 1. The third kappa shape index (κ3) is 4.59.